The highest BCUT2D eigenvalue weighted by Crippen LogP contribution is 2.66. The zero-order chi connectivity index (χ0) is 33.1. The first-order valence-electron chi connectivity index (χ1n) is 16.7. The third-order valence-corrected chi connectivity index (χ3v) is 10.5. The summed E-state index contributed by atoms with van der Waals surface area (Å²) < 4.78 is 7.02. The number of ether oxygens (including phenoxy) is 1. The summed E-state index contributed by atoms with van der Waals surface area (Å²) in [6.07, 6.45) is 7.02. The molecule has 3 heterocycles. The Labute approximate surface area is 273 Å². The summed E-state index contributed by atoms with van der Waals surface area (Å²) in [6, 6.07) is 17.4. The summed E-state index contributed by atoms with van der Waals surface area (Å²) in [5, 5.41) is 10.8. The molecule has 3 fully saturated rings. The van der Waals surface area contributed by atoms with Crippen LogP contribution in [-0.4, -0.2) is 82.2 Å². The predicted molar refractivity (Wildman–Crippen MR) is 180 cm³/mol. The number of benzene rings is 2. The van der Waals surface area contributed by atoms with Crippen LogP contribution < -0.4 is 4.90 Å². The number of amides is 3. The Bertz CT molecular complexity index is 1420. The summed E-state index contributed by atoms with van der Waals surface area (Å²) in [6.45, 7) is 14.7. The number of para-hydroxylation sites is 1. The first kappa shape index (κ1) is 33.6. The first-order valence-corrected chi connectivity index (χ1v) is 16.7. The van der Waals surface area contributed by atoms with Gasteiger partial charge >= 0.3 is 0 Å². The average molecular weight is 628 g/mol. The van der Waals surface area contributed by atoms with Gasteiger partial charge in [0.2, 0.25) is 17.7 Å². The van der Waals surface area contributed by atoms with Crippen molar-refractivity contribution in [2.45, 2.75) is 76.2 Å². The van der Waals surface area contributed by atoms with Gasteiger partial charge in [-0.15, -0.1) is 13.2 Å². The second kappa shape index (κ2) is 13.9. The fourth-order valence-corrected chi connectivity index (χ4v) is 8.26. The summed E-state index contributed by atoms with van der Waals surface area (Å²) in [7, 11) is 0. The van der Waals surface area contributed by atoms with E-state index in [0.717, 1.165) is 24.8 Å². The molecule has 0 saturated carbocycles. The lowest BCUT2D eigenvalue weighted by molar-refractivity contribution is -0.155. The van der Waals surface area contributed by atoms with E-state index in [9.17, 15) is 19.5 Å². The van der Waals surface area contributed by atoms with Gasteiger partial charge in [-0.1, -0.05) is 87.4 Å². The number of unbranched alkanes of at least 4 members (excludes halogenated alkanes) is 2. The third-order valence-electron chi connectivity index (χ3n) is 10.5. The highest BCUT2D eigenvalue weighted by atomic mass is 16.5. The number of likely N-dealkylation sites (tertiary alicyclic amines) is 1. The van der Waals surface area contributed by atoms with Crippen LogP contribution in [0.5, 0.6) is 0 Å². The Morgan fingerprint density at radius 3 is 2.30 bits per heavy atom. The summed E-state index contributed by atoms with van der Waals surface area (Å²) >= 11 is 0. The number of fused-ring (bicyclic) bond motifs is 1. The summed E-state index contributed by atoms with van der Waals surface area (Å²) in [5.41, 5.74) is -0.523. The van der Waals surface area contributed by atoms with E-state index < -0.39 is 35.1 Å². The maximum atomic E-state index is 15.0. The number of aliphatic hydroxyl groups is 1. The third kappa shape index (κ3) is 5.71. The second-order valence-corrected chi connectivity index (χ2v) is 13.3. The molecule has 0 radical (unpaired) electrons. The van der Waals surface area contributed by atoms with Gasteiger partial charge in [-0.05, 0) is 49.8 Å². The van der Waals surface area contributed by atoms with E-state index in [0.29, 0.717) is 31.6 Å². The van der Waals surface area contributed by atoms with Crippen LogP contribution in [0.3, 0.4) is 0 Å². The number of carbonyl (C=O) groups excluding carboxylic acids is 3. The standard InChI is InChI=1S/C38H49N3O5/c1-6-9-16-23-39(21-7-2)36(45)33-38-25-27(4)37(5,46-38)31(34(43)40(22-8-3)29-19-14-11-15-20-29)32(38)35(44)41(33)30(26-42)24-28-17-12-10-13-18-28/h7-8,10-15,17-20,27,30-33,42H,2-3,6,9,16,21-26H2,1,4-5H3/t27?,30-,31+,32+,33?,37-,38?/m1/s1. The normalized spacial score (nSPS) is 28.5. The van der Waals surface area contributed by atoms with Gasteiger partial charge in [0.15, 0.2) is 0 Å². The molecule has 8 nitrogen and oxygen atoms in total. The second-order valence-electron chi connectivity index (χ2n) is 13.3. The average Bonchev–Trinajstić information content (AvgIpc) is 3.58. The molecule has 3 aliphatic heterocycles. The number of aliphatic hydroxyl groups excluding tert-OH is 1. The van der Waals surface area contributed by atoms with Crippen molar-refractivity contribution >= 4 is 23.4 Å². The number of hydrogen-bond acceptors (Lipinski definition) is 5. The number of rotatable bonds is 15. The molecule has 1 N–H and O–H groups in total. The topological polar surface area (TPSA) is 90.4 Å². The molecule has 2 aromatic carbocycles. The van der Waals surface area contributed by atoms with Gasteiger partial charge in [-0.25, -0.2) is 0 Å². The van der Waals surface area contributed by atoms with Crippen molar-refractivity contribution in [2.24, 2.45) is 17.8 Å². The van der Waals surface area contributed by atoms with E-state index in [-0.39, 0.29) is 36.8 Å². The number of carbonyl (C=O) groups is 3. The lowest BCUT2D eigenvalue weighted by atomic mass is 9.62. The molecule has 3 aliphatic rings. The molecule has 0 aromatic heterocycles. The van der Waals surface area contributed by atoms with Gasteiger partial charge in [0.1, 0.15) is 11.6 Å². The molecule has 1 spiro atoms. The van der Waals surface area contributed by atoms with Gasteiger partial charge in [0.25, 0.3) is 0 Å². The van der Waals surface area contributed by atoms with E-state index in [1.807, 2.05) is 67.6 Å². The molecule has 46 heavy (non-hydrogen) atoms. The van der Waals surface area contributed by atoms with Gasteiger partial charge in [0.05, 0.1) is 30.1 Å². The van der Waals surface area contributed by atoms with Crippen LogP contribution in [0.15, 0.2) is 86.0 Å². The van der Waals surface area contributed by atoms with Crippen LogP contribution in [-0.2, 0) is 25.5 Å². The Morgan fingerprint density at radius 2 is 1.70 bits per heavy atom. The van der Waals surface area contributed by atoms with Crippen LogP contribution in [0.4, 0.5) is 5.69 Å². The van der Waals surface area contributed by atoms with Crippen molar-refractivity contribution in [1.82, 2.24) is 9.80 Å². The number of hydrogen-bond donors (Lipinski definition) is 1. The highest BCUT2D eigenvalue weighted by molar-refractivity contribution is 6.03. The van der Waals surface area contributed by atoms with E-state index in [1.165, 1.54) is 0 Å². The maximum absolute atomic E-state index is 15.0. The van der Waals surface area contributed by atoms with Crippen LogP contribution >= 0.6 is 0 Å². The van der Waals surface area contributed by atoms with Crippen LogP contribution in [0, 0.1) is 17.8 Å². The van der Waals surface area contributed by atoms with Gasteiger partial charge < -0.3 is 24.5 Å². The minimum atomic E-state index is -1.21. The lowest BCUT2D eigenvalue weighted by Gasteiger charge is -2.39. The molecule has 3 saturated heterocycles. The fourth-order valence-electron chi connectivity index (χ4n) is 8.26. The summed E-state index contributed by atoms with van der Waals surface area (Å²) in [5.74, 6) is -2.54. The molecule has 2 bridgehead atoms. The van der Waals surface area contributed by atoms with Crippen molar-refractivity contribution in [2.75, 3.05) is 31.1 Å². The monoisotopic (exact) mass is 627 g/mol. The minimum Gasteiger partial charge on any atom is -0.394 e. The van der Waals surface area contributed by atoms with E-state index in [2.05, 4.69) is 27.0 Å². The van der Waals surface area contributed by atoms with Crippen molar-refractivity contribution in [1.29, 1.82) is 0 Å². The Hall–Kier alpha value is -3.75. The quantitative estimate of drug-likeness (QED) is 0.221. The van der Waals surface area contributed by atoms with Crippen molar-refractivity contribution in [3.63, 3.8) is 0 Å². The predicted octanol–water partition coefficient (Wildman–Crippen LogP) is 5.02. The van der Waals surface area contributed by atoms with Crippen molar-refractivity contribution < 1.29 is 24.2 Å². The van der Waals surface area contributed by atoms with E-state index >= 15 is 0 Å². The SMILES string of the molecule is C=CCN(CCCCC)C(=O)C1N([C@@H](CO)Cc2ccccc2)C(=O)[C@@H]2[C@@H](C(=O)N(CC=C)c3ccccc3)[C@]3(C)OC12CC3C. The zero-order valence-corrected chi connectivity index (χ0v) is 27.5. The maximum Gasteiger partial charge on any atom is 0.248 e. The Balaban J connectivity index is 1.62. The molecule has 5 rings (SSSR count). The van der Waals surface area contributed by atoms with Crippen molar-refractivity contribution in [3.05, 3.63) is 91.5 Å². The molecule has 8 heteroatoms. The van der Waals surface area contributed by atoms with E-state index in [1.54, 1.807) is 26.9 Å². The summed E-state index contributed by atoms with van der Waals surface area (Å²) in [4.78, 5) is 49.6. The number of anilines is 1. The van der Waals surface area contributed by atoms with Gasteiger partial charge in [-0.2, -0.15) is 0 Å². The molecule has 2 aromatic rings. The van der Waals surface area contributed by atoms with E-state index in [4.69, 9.17) is 4.74 Å². The largest absolute Gasteiger partial charge is 0.394 e. The van der Waals surface area contributed by atoms with Crippen LogP contribution in [0.1, 0.15) is 52.0 Å². The lowest BCUT2D eigenvalue weighted by Crippen LogP contribution is -2.59. The molecular weight excluding hydrogens is 578 g/mol. The molecule has 0 aliphatic carbocycles. The molecular formula is C38H49N3O5. The van der Waals surface area contributed by atoms with Gasteiger partial charge in [-0.3, -0.25) is 14.4 Å². The van der Waals surface area contributed by atoms with Crippen LogP contribution in [0.2, 0.25) is 0 Å². The smallest absolute Gasteiger partial charge is 0.248 e. The molecule has 3 unspecified atom stereocenters. The fraction of sp³-hybridized carbons (Fsp3) is 0.500. The van der Waals surface area contributed by atoms with Crippen LogP contribution in [0.25, 0.3) is 0 Å². The molecule has 246 valence electrons. The molecule has 7 atom stereocenters. The van der Waals surface area contributed by atoms with Crippen molar-refractivity contribution in [3.8, 4) is 0 Å². The minimum absolute atomic E-state index is 0.100. The highest BCUT2D eigenvalue weighted by Gasteiger charge is 2.80. The Morgan fingerprint density at radius 1 is 1.04 bits per heavy atom. The Kier molecular flexibility index (Phi) is 10.2. The zero-order valence-electron chi connectivity index (χ0n) is 27.5. The first-order chi connectivity index (χ1) is 22.2. The number of nitrogens with zero attached hydrogens (tertiary/aromatic N) is 3. The van der Waals surface area contributed by atoms with Gasteiger partial charge in [0, 0.05) is 25.3 Å². The molecule has 3 amide bonds.